The Labute approximate surface area is 201 Å². The number of carbonyl (C=O) groups is 2. The van der Waals surface area contributed by atoms with Crippen LogP contribution in [-0.2, 0) is 14.3 Å². The molecule has 170 valence electrons. The van der Waals surface area contributed by atoms with Crippen molar-refractivity contribution in [2.45, 2.75) is 18.0 Å². The first kappa shape index (κ1) is 21.8. The lowest BCUT2D eigenvalue weighted by atomic mass is 9.68. The Morgan fingerprint density at radius 3 is 2.59 bits per heavy atom. The minimum Gasteiger partial charge on any atom is -0.469 e. The number of ether oxygens (including phenoxy) is 1. The van der Waals surface area contributed by atoms with Crippen LogP contribution in [0.25, 0.3) is 6.08 Å². The number of rotatable bonds is 4. The Hall–Kier alpha value is -4.02. The van der Waals surface area contributed by atoms with Gasteiger partial charge in [0.05, 0.1) is 31.4 Å². The van der Waals surface area contributed by atoms with E-state index in [1.54, 1.807) is 47.5 Å². The Kier molecular flexibility index (Phi) is 5.39. The van der Waals surface area contributed by atoms with E-state index in [0.717, 1.165) is 11.1 Å². The van der Waals surface area contributed by atoms with Gasteiger partial charge in [-0.1, -0.05) is 35.9 Å². The van der Waals surface area contributed by atoms with E-state index < -0.39 is 35.3 Å². The van der Waals surface area contributed by atoms with E-state index in [1.807, 2.05) is 30.3 Å². The molecule has 0 spiro atoms. The second-order valence-electron chi connectivity index (χ2n) is 8.20. The number of halogens is 1. The molecular formula is C26H20ClN3O4. The van der Waals surface area contributed by atoms with E-state index in [2.05, 4.69) is 11.4 Å². The quantitative estimate of drug-likeness (QED) is 0.549. The van der Waals surface area contributed by atoms with Crippen molar-refractivity contribution in [3.8, 4) is 6.07 Å². The topological polar surface area (TPSA) is 95.6 Å². The maximum absolute atomic E-state index is 13.8. The van der Waals surface area contributed by atoms with Crippen LogP contribution >= 0.6 is 11.6 Å². The summed E-state index contributed by atoms with van der Waals surface area (Å²) in [5.74, 6) is -1.70. The SMILES string of the molecule is COC(=O)[C@]1(C#N)[C@H](c2ccco2)[C@@H](C(=O)Nc2ccc(Cl)cc2)N2C=Cc3ccccc3[C@H]21. The standard InChI is InChI=1S/C26H20ClN3O4/c1-33-25(32)26(15-28)21(20-7-4-14-34-20)22(24(31)29-18-10-8-17(27)9-11-18)30-13-12-16-5-2-3-6-19(16)23(26)30/h2-14,21-23H,1H3,(H,29,31)/t21-,22+,23+,26-/m1/s1. The third-order valence-electron chi connectivity index (χ3n) is 6.51. The van der Waals surface area contributed by atoms with E-state index in [0.29, 0.717) is 16.5 Å². The molecule has 0 saturated carbocycles. The summed E-state index contributed by atoms with van der Waals surface area (Å²) in [6.07, 6.45) is 5.10. The number of methoxy groups -OCH3 is 1. The van der Waals surface area contributed by atoms with Gasteiger partial charge in [-0.05, 0) is 53.6 Å². The van der Waals surface area contributed by atoms with Crippen molar-refractivity contribution in [1.29, 1.82) is 5.26 Å². The molecule has 2 aliphatic heterocycles. The molecule has 0 unspecified atom stereocenters. The third-order valence-corrected chi connectivity index (χ3v) is 6.76. The van der Waals surface area contributed by atoms with Crippen LogP contribution in [0.15, 0.2) is 77.5 Å². The van der Waals surface area contributed by atoms with Gasteiger partial charge in [0, 0.05) is 16.9 Å². The van der Waals surface area contributed by atoms with Crippen molar-refractivity contribution in [1.82, 2.24) is 4.90 Å². The number of fused-ring (bicyclic) bond motifs is 3. The molecule has 7 nitrogen and oxygen atoms in total. The molecule has 0 aliphatic carbocycles. The largest absolute Gasteiger partial charge is 0.469 e. The van der Waals surface area contributed by atoms with Crippen molar-refractivity contribution in [2.24, 2.45) is 5.41 Å². The number of hydrogen-bond acceptors (Lipinski definition) is 6. The van der Waals surface area contributed by atoms with Crippen LogP contribution in [-0.4, -0.2) is 29.9 Å². The predicted molar refractivity (Wildman–Crippen MR) is 125 cm³/mol. The summed E-state index contributed by atoms with van der Waals surface area (Å²) < 4.78 is 10.9. The minimum atomic E-state index is -1.74. The lowest BCUT2D eigenvalue weighted by Gasteiger charge is -2.35. The van der Waals surface area contributed by atoms with Gasteiger partial charge >= 0.3 is 5.97 Å². The Morgan fingerprint density at radius 2 is 1.91 bits per heavy atom. The fraction of sp³-hybridized carbons (Fsp3) is 0.192. The van der Waals surface area contributed by atoms with Crippen molar-refractivity contribution in [3.05, 3.63) is 95.0 Å². The first-order chi connectivity index (χ1) is 16.5. The molecule has 4 atom stereocenters. The normalized spacial score (nSPS) is 24.6. The summed E-state index contributed by atoms with van der Waals surface area (Å²) in [7, 11) is 1.25. The number of nitrogens with one attached hydrogen (secondary N) is 1. The first-order valence-corrected chi connectivity index (χ1v) is 11.0. The van der Waals surface area contributed by atoms with E-state index >= 15 is 0 Å². The summed E-state index contributed by atoms with van der Waals surface area (Å²) in [5, 5.41) is 14.0. The van der Waals surface area contributed by atoms with Crippen molar-refractivity contribution < 1.29 is 18.7 Å². The van der Waals surface area contributed by atoms with Gasteiger partial charge < -0.3 is 19.4 Å². The van der Waals surface area contributed by atoms with Gasteiger partial charge in [0.1, 0.15) is 11.8 Å². The van der Waals surface area contributed by atoms with E-state index in [9.17, 15) is 14.9 Å². The molecule has 5 rings (SSSR count). The molecule has 0 radical (unpaired) electrons. The maximum Gasteiger partial charge on any atom is 0.329 e. The van der Waals surface area contributed by atoms with Crippen LogP contribution in [0, 0.1) is 16.7 Å². The number of hydrogen-bond donors (Lipinski definition) is 1. The van der Waals surface area contributed by atoms with Crippen LogP contribution in [0.2, 0.25) is 5.02 Å². The van der Waals surface area contributed by atoms with Crippen LogP contribution in [0.4, 0.5) is 5.69 Å². The van der Waals surface area contributed by atoms with Gasteiger partial charge in [-0.3, -0.25) is 9.59 Å². The zero-order valence-corrected chi connectivity index (χ0v) is 18.9. The Morgan fingerprint density at radius 1 is 1.15 bits per heavy atom. The molecule has 8 heteroatoms. The summed E-state index contributed by atoms with van der Waals surface area (Å²) in [6, 6.07) is 18.1. The Bertz CT molecular complexity index is 1310. The number of nitriles is 1. The molecule has 2 aromatic carbocycles. The van der Waals surface area contributed by atoms with E-state index in [-0.39, 0.29) is 0 Å². The number of carbonyl (C=O) groups excluding carboxylic acids is 2. The summed E-state index contributed by atoms with van der Waals surface area (Å²) in [6.45, 7) is 0. The first-order valence-electron chi connectivity index (χ1n) is 10.7. The van der Waals surface area contributed by atoms with Crippen LogP contribution in [0.5, 0.6) is 0 Å². The zero-order valence-electron chi connectivity index (χ0n) is 18.1. The minimum absolute atomic E-state index is 0.350. The van der Waals surface area contributed by atoms with Crippen molar-refractivity contribution in [2.75, 3.05) is 12.4 Å². The number of amides is 1. The van der Waals surface area contributed by atoms with Gasteiger partial charge in [0.15, 0.2) is 5.41 Å². The Balaban J connectivity index is 1.70. The second kappa shape index (κ2) is 8.40. The molecule has 1 saturated heterocycles. The molecule has 1 amide bonds. The van der Waals surface area contributed by atoms with Crippen LogP contribution in [0.1, 0.15) is 28.8 Å². The van der Waals surface area contributed by atoms with Gasteiger partial charge in [-0.25, -0.2) is 0 Å². The lowest BCUT2D eigenvalue weighted by Crippen LogP contribution is -2.42. The summed E-state index contributed by atoms with van der Waals surface area (Å²) in [5.41, 5.74) is 0.424. The maximum atomic E-state index is 13.8. The number of benzene rings is 2. The molecule has 1 fully saturated rings. The highest BCUT2D eigenvalue weighted by Crippen LogP contribution is 2.60. The highest BCUT2D eigenvalue weighted by Gasteiger charge is 2.68. The highest BCUT2D eigenvalue weighted by atomic mass is 35.5. The molecule has 3 heterocycles. The van der Waals surface area contributed by atoms with Gasteiger partial charge in [0.25, 0.3) is 0 Å². The molecule has 1 N–H and O–H groups in total. The van der Waals surface area contributed by atoms with Crippen LogP contribution < -0.4 is 5.32 Å². The predicted octanol–water partition coefficient (Wildman–Crippen LogP) is 4.75. The van der Waals surface area contributed by atoms with Gasteiger partial charge in [0.2, 0.25) is 5.91 Å². The third kappa shape index (κ3) is 3.18. The summed E-state index contributed by atoms with van der Waals surface area (Å²) in [4.78, 5) is 28.9. The van der Waals surface area contributed by atoms with Crippen LogP contribution in [0.3, 0.4) is 0 Å². The monoisotopic (exact) mass is 473 g/mol. The van der Waals surface area contributed by atoms with E-state index in [1.165, 1.54) is 13.4 Å². The molecule has 2 aliphatic rings. The number of anilines is 1. The molecule has 3 aromatic rings. The highest BCUT2D eigenvalue weighted by molar-refractivity contribution is 6.30. The fourth-order valence-electron chi connectivity index (χ4n) is 5.12. The zero-order chi connectivity index (χ0) is 23.9. The lowest BCUT2D eigenvalue weighted by molar-refractivity contribution is -0.151. The summed E-state index contributed by atoms with van der Waals surface area (Å²) >= 11 is 5.98. The van der Waals surface area contributed by atoms with Gasteiger partial charge in [-0.15, -0.1) is 0 Å². The molecule has 34 heavy (non-hydrogen) atoms. The average Bonchev–Trinajstić information content (AvgIpc) is 3.49. The fourth-order valence-corrected chi connectivity index (χ4v) is 5.24. The smallest absolute Gasteiger partial charge is 0.329 e. The molecule has 0 bridgehead atoms. The second-order valence-corrected chi connectivity index (χ2v) is 8.64. The van der Waals surface area contributed by atoms with Gasteiger partial charge in [-0.2, -0.15) is 5.26 Å². The number of esters is 1. The number of nitrogens with zero attached hydrogens (tertiary/aromatic N) is 2. The van der Waals surface area contributed by atoms with Crippen molar-refractivity contribution in [3.63, 3.8) is 0 Å². The molecule has 1 aromatic heterocycles. The molecular weight excluding hydrogens is 454 g/mol. The average molecular weight is 474 g/mol. The van der Waals surface area contributed by atoms with Crippen molar-refractivity contribution >= 4 is 35.2 Å². The van der Waals surface area contributed by atoms with E-state index in [4.69, 9.17) is 20.8 Å². The number of furan rings is 1.